The summed E-state index contributed by atoms with van der Waals surface area (Å²) in [7, 11) is 0. The highest BCUT2D eigenvalue weighted by Gasteiger charge is 2.15. The van der Waals surface area contributed by atoms with Crippen molar-refractivity contribution in [3.05, 3.63) is 0 Å². The first-order valence-electron chi connectivity index (χ1n) is 7.00. The number of carbonyl (C=O) groups is 1. The molecule has 1 aliphatic heterocycles. The van der Waals surface area contributed by atoms with E-state index in [4.69, 9.17) is 0 Å². The van der Waals surface area contributed by atoms with E-state index in [1.54, 1.807) is 0 Å². The number of ketones is 1. The fourth-order valence-corrected chi connectivity index (χ4v) is 2.53. The van der Waals surface area contributed by atoms with E-state index in [2.05, 4.69) is 11.8 Å². The summed E-state index contributed by atoms with van der Waals surface area (Å²) in [5.41, 5.74) is 0. The molecule has 0 spiro atoms. The first-order valence-corrected chi connectivity index (χ1v) is 7.00. The van der Waals surface area contributed by atoms with Crippen molar-refractivity contribution in [1.82, 2.24) is 4.90 Å². The van der Waals surface area contributed by atoms with Gasteiger partial charge < -0.3 is 4.90 Å². The van der Waals surface area contributed by atoms with Gasteiger partial charge in [-0.15, -0.1) is 0 Å². The molecule has 1 fully saturated rings. The standard InChI is InChI=1S/C14H27NO/c1-3-13-7-5-10-15(12-9-13)11-6-8-14(16)4-2/h13H,3-12H2,1-2H3. The van der Waals surface area contributed by atoms with Crippen LogP contribution in [0.3, 0.4) is 0 Å². The summed E-state index contributed by atoms with van der Waals surface area (Å²) in [6, 6.07) is 0. The summed E-state index contributed by atoms with van der Waals surface area (Å²) < 4.78 is 0. The van der Waals surface area contributed by atoms with E-state index in [-0.39, 0.29) is 0 Å². The zero-order chi connectivity index (χ0) is 11.8. The molecule has 0 aromatic heterocycles. The van der Waals surface area contributed by atoms with Crippen LogP contribution in [0.25, 0.3) is 0 Å². The summed E-state index contributed by atoms with van der Waals surface area (Å²) in [6.45, 7) is 7.89. The molecule has 0 aromatic carbocycles. The number of hydrogen-bond donors (Lipinski definition) is 0. The maximum absolute atomic E-state index is 11.2. The topological polar surface area (TPSA) is 20.3 Å². The largest absolute Gasteiger partial charge is 0.303 e. The Morgan fingerprint density at radius 1 is 1.25 bits per heavy atom. The van der Waals surface area contributed by atoms with Gasteiger partial charge in [0.05, 0.1) is 0 Å². The predicted molar refractivity (Wildman–Crippen MR) is 68.6 cm³/mol. The van der Waals surface area contributed by atoms with E-state index >= 15 is 0 Å². The van der Waals surface area contributed by atoms with Crippen LogP contribution < -0.4 is 0 Å². The quantitative estimate of drug-likeness (QED) is 0.691. The van der Waals surface area contributed by atoms with Crippen LogP contribution in [-0.4, -0.2) is 30.3 Å². The molecule has 0 radical (unpaired) electrons. The molecule has 94 valence electrons. The van der Waals surface area contributed by atoms with Crippen LogP contribution in [0.2, 0.25) is 0 Å². The molecule has 1 saturated heterocycles. The van der Waals surface area contributed by atoms with Crippen LogP contribution in [0.5, 0.6) is 0 Å². The monoisotopic (exact) mass is 225 g/mol. The average molecular weight is 225 g/mol. The fraction of sp³-hybridized carbons (Fsp3) is 0.929. The van der Waals surface area contributed by atoms with Crippen LogP contribution >= 0.6 is 0 Å². The summed E-state index contributed by atoms with van der Waals surface area (Å²) in [5.74, 6) is 1.36. The van der Waals surface area contributed by atoms with Gasteiger partial charge in [0.25, 0.3) is 0 Å². The van der Waals surface area contributed by atoms with E-state index in [1.807, 2.05) is 6.92 Å². The fourth-order valence-electron chi connectivity index (χ4n) is 2.53. The molecule has 0 bridgehead atoms. The van der Waals surface area contributed by atoms with E-state index in [0.717, 1.165) is 25.3 Å². The Labute approximate surface area is 100 Å². The highest BCUT2D eigenvalue weighted by Crippen LogP contribution is 2.20. The smallest absolute Gasteiger partial charge is 0.132 e. The van der Waals surface area contributed by atoms with E-state index in [9.17, 15) is 4.79 Å². The maximum Gasteiger partial charge on any atom is 0.132 e. The van der Waals surface area contributed by atoms with Gasteiger partial charge in [-0.2, -0.15) is 0 Å². The minimum absolute atomic E-state index is 0.418. The minimum atomic E-state index is 0.418. The lowest BCUT2D eigenvalue weighted by Gasteiger charge is -2.19. The summed E-state index contributed by atoms with van der Waals surface area (Å²) >= 11 is 0. The number of carbonyl (C=O) groups excluding carboxylic acids is 1. The van der Waals surface area contributed by atoms with Crippen molar-refractivity contribution in [2.45, 2.75) is 58.8 Å². The van der Waals surface area contributed by atoms with Crippen LogP contribution in [-0.2, 0) is 4.79 Å². The zero-order valence-corrected chi connectivity index (χ0v) is 11.0. The van der Waals surface area contributed by atoms with Crippen molar-refractivity contribution in [3.63, 3.8) is 0 Å². The zero-order valence-electron chi connectivity index (χ0n) is 11.0. The molecule has 0 aromatic rings. The lowest BCUT2D eigenvalue weighted by atomic mass is 9.98. The van der Waals surface area contributed by atoms with Gasteiger partial charge in [-0.3, -0.25) is 4.79 Å². The van der Waals surface area contributed by atoms with Crippen molar-refractivity contribution in [1.29, 1.82) is 0 Å². The van der Waals surface area contributed by atoms with Gasteiger partial charge in [0, 0.05) is 12.8 Å². The van der Waals surface area contributed by atoms with E-state index in [0.29, 0.717) is 12.2 Å². The maximum atomic E-state index is 11.2. The van der Waals surface area contributed by atoms with Gasteiger partial charge in [-0.25, -0.2) is 0 Å². The molecular weight excluding hydrogens is 198 g/mol. The summed E-state index contributed by atoms with van der Waals surface area (Å²) in [4.78, 5) is 13.8. The summed E-state index contributed by atoms with van der Waals surface area (Å²) in [5, 5.41) is 0. The summed E-state index contributed by atoms with van der Waals surface area (Å²) in [6.07, 6.45) is 7.99. The Morgan fingerprint density at radius 2 is 2.06 bits per heavy atom. The van der Waals surface area contributed by atoms with Crippen molar-refractivity contribution in [3.8, 4) is 0 Å². The Balaban J connectivity index is 2.15. The third kappa shape index (κ3) is 5.11. The van der Waals surface area contributed by atoms with Crippen molar-refractivity contribution in [2.24, 2.45) is 5.92 Å². The normalized spacial score (nSPS) is 23.0. The molecule has 1 atom stereocenters. The van der Waals surface area contributed by atoms with Crippen LogP contribution in [0, 0.1) is 5.92 Å². The molecule has 1 aliphatic rings. The Bertz CT molecular complexity index is 203. The molecule has 2 nitrogen and oxygen atoms in total. The van der Waals surface area contributed by atoms with Crippen molar-refractivity contribution < 1.29 is 4.79 Å². The lowest BCUT2D eigenvalue weighted by Crippen LogP contribution is -2.26. The Kier molecular flexibility index (Phi) is 6.70. The third-order valence-electron chi connectivity index (χ3n) is 3.84. The predicted octanol–water partition coefficient (Wildman–Crippen LogP) is 3.26. The average Bonchev–Trinajstić information content (AvgIpc) is 2.54. The molecular formula is C14H27NO. The molecule has 1 heterocycles. The number of Topliss-reactive ketones (excluding diaryl/α,β-unsaturated/α-hetero) is 1. The molecule has 1 unspecified atom stereocenters. The molecule has 0 saturated carbocycles. The van der Waals surface area contributed by atoms with Crippen LogP contribution in [0.1, 0.15) is 58.8 Å². The molecule has 0 N–H and O–H groups in total. The Morgan fingerprint density at radius 3 is 2.75 bits per heavy atom. The molecule has 0 aliphatic carbocycles. The molecule has 1 rings (SSSR count). The van der Waals surface area contributed by atoms with E-state index < -0.39 is 0 Å². The molecule has 16 heavy (non-hydrogen) atoms. The number of hydrogen-bond acceptors (Lipinski definition) is 2. The van der Waals surface area contributed by atoms with E-state index in [1.165, 1.54) is 38.8 Å². The second-order valence-corrected chi connectivity index (χ2v) is 5.04. The van der Waals surface area contributed by atoms with Crippen LogP contribution in [0.15, 0.2) is 0 Å². The number of likely N-dealkylation sites (tertiary alicyclic amines) is 1. The van der Waals surface area contributed by atoms with Gasteiger partial charge in [-0.1, -0.05) is 20.3 Å². The van der Waals surface area contributed by atoms with Gasteiger partial charge in [0.15, 0.2) is 0 Å². The molecule has 2 heteroatoms. The highest BCUT2D eigenvalue weighted by molar-refractivity contribution is 5.77. The number of nitrogens with zero attached hydrogens (tertiary/aromatic N) is 1. The third-order valence-corrected chi connectivity index (χ3v) is 3.84. The second kappa shape index (κ2) is 7.83. The SMILES string of the molecule is CCC(=O)CCCN1CCCC(CC)CC1. The first-order chi connectivity index (χ1) is 7.76. The minimum Gasteiger partial charge on any atom is -0.303 e. The second-order valence-electron chi connectivity index (χ2n) is 5.04. The van der Waals surface area contributed by atoms with Gasteiger partial charge in [0.2, 0.25) is 0 Å². The first kappa shape index (κ1) is 13.7. The van der Waals surface area contributed by atoms with Crippen LogP contribution in [0.4, 0.5) is 0 Å². The van der Waals surface area contributed by atoms with Gasteiger partial charge >= 0.3 is 0 Å². The van der Waals surface area contributed by atoms with Crippen molar-refractivity contribution in [2.75, 3.05) is 19.6 Å². The Hall–Kier alpha value is -0.370. The highest BCUT2D eigenvalue weighted by atomic mass is 16.1. The lowest BCUT2D eigenvalue weighted by molar-refractivity contribution is -0.118. The molecule has 0 amide bonds. The van der Waals surface area contributed by atoms with Crippen molar-refractivity contribution >= 4 is 5.78 Å². The number of rotatable bonds is 6. The van der Waals surface area contributed by atoms with Gasteiger partial charge in [0.1, 0.15) is 5.78 Å². The van der Waals surface area contributed by atoms with Gasteiger partial charge in [-0.05, 0) is 51.2 Å².